The summed E-state index contributed by atoms with van der Waals surface area (Å²) in [7, 11) is 1.78. The molecule has 1 aliphatic carbocycles. The zero-order chi connectivity index (χ0) is 17.5. The van der Waals surface area contributed by atoms with Gasteiger partial charge in [0.2, 0.25) is 11.8 Å². The van der Waals surface area contributed by atoms with Gasteiger partial charge in [-0.15, -0.1) is 0 Å². The zero-order valence-electron chi connectivity index (χ0n) is 14.5. The second kappa shape index (κ2) is 9.11. The van der Waals surface area contributed by atoms with E-state index in [0.29, 0.717) is 10.7 Å². The number of nitrogens with zero attached hydrogens (tertiary/aromatic N) is 2. The van der Waals surface area contributed by atoms with E-state index in [9.17, 15) is 14.7 Å². The molecule has 1 aromatic heterocycles. The molecule has 0 aromatic carbocycles. The van der Waals surface area contributed by atoms with Crippen molar-refractivity contribution in [1.82, 2.24) is 14.9 Å². The second-order valence-corrected chi connectivity index (χ2v) is 7.36. The van der Waals surface area contributed by atoms with E-state index in [2.05, 4.69) is 16.9 Å². The van der Waals surface area contributed by atoms with Gasteiger partial charge in [0.05, 0.1) is 11.3 Å². The number of aromatic hydroxyl groups is 1. The van der Waals surface area contributed by atoms with Gasteiger partial charge in [-0.3, -0.25) is 9.59 Å². The van der Waals surface area contributed by atoms with Crippen LogP contribution in [-0.2, 0) is 4.79 Å². The molecule has 0 atom stereocenters. The maximum absolute atomic E-state index is 12.3. The summed E-state index contributed by atoms with van der Waals surface area (Å²) in [4.78, 5) is 32.8. The fraction of sp³-hybridized carbons (Fsp3) is 0.706. The highest BCUT2D eigenvalue weighted by molar-refractivity contribution is 7.99. The lowest BCUT2D eigenvalue weighted by molar-refractivity contribution is -0.127. The van der Waals surface area contributed by atoms with Gasteiger partial charge in [-0.2, -0.15) is 4.98 Å². The first-order valence-electron chi connectivity index (χ1n) is 8.72. The predicted octanol–water partition coefficient (Wildman–Crippen LogP) is 2.87. The Balaban J connectivity index is 1.99. The molecule has 1 heterocycles. The molecule has 0 unspecified atom stereocenters. The SMILES string of the molecule is CCCCN(C)C(=O)CSc1nc(O)c(C2CCCCC2)c(=O)[nH]1. The molecule has 1 saturated carbocycles. The molecule has 1 aromatic rings. The molecule has 24 heavy (non-hydrogen) atoms. The number of nitrogens with one attached hydrogen (secondary N) is 1. The highest BCUT2D eigenvalue weighted by Gasteiger charge is 2.23. The first-order chi connectivity index (χ1) is 11.5. The number of hydrogen-bond acceptors (Lipinski definition) is 5. The molecule has 134 valence electrons. The summed E-state index contributed by atoms with van der Waals surface area (Å²) < 4.78 is 0. The van der Waals surface area contributed by atoms with Crippen molar-refractivity contribution in [2.75, 3.05) is 19.3 Å². The van der Waals surface area contributed by atoms with E-state index in [1.807, 2.05) is 0 Å². The Morgan fingerprint density at radius 1 is 1.38 bits per heavy atom. The first kappa shape index (κ1) is 18.8. The molecule has 0 bridgehead atoms. The monoisotopic (exact) mass is 353 g/mol. The van der Waals surface area contributed by atoms with E-state index in [4.69, 9.17) is 0 Å². The number of carbonyl (C=O) groups is 1. The van der Waals surface area contributed by atoms with Crippen LogP contribution in [0.3, 0.4) is 0 Å². The van der Waals surface area contributed by atoms with Crippen LogP contribution in [0.1, 0.15) is 63.4 Å². The van der Waals surface area contributed by atoms with Crippen molar-refractivity contribution in [1.29, 1.82) is 0 Å². The van der Waals surface area contributed by atoms with Crippen molar-refractivity contribution in [3.8, 4) is 5.88 Å². The summed E-state index contributed by atoms with van der Waals surface area (Å²) >= 11 is 1.16. The Bertz CT molecular complexity index is 612. The highest BCUT2D eigenvalue weighted by Crippen LogP contribution is 2.34. The molecule has 1 fully saturated rings. The topological polar surface area (TPSA) is 86.3 Å². The maximum atomic E-state index is 12.3. The summed E-state index contributed by atoms with van der Waals surface area (Å²) in [5.41, 5.74) is 0.133. The number of rotatable bonds is 7. The molecule has 2 rings (SSSR count). The second-order valence-electron chi connectivity index (χ2n) is 6.40. The van der Waals surface area contributed by atoms with Crippen LogP contribution < -0.4 is 5.56 Å². The van der Waals surface area contributed by atoms with Crippen molar-refractivity contribution in [2.24, 2.45) is 0 Å². The van der Waals surface area contributed by atoms with Gasteiger partial charge < -0.3 is 15.0 Å². The van der Waals surface area contributed by atoms with Crippen molar-refractivity contribution in [3.05, 3.63) is 15.9 Å². The van der Waals surface area contributed by atoms with Gasteiger partial charge in [0, 0.05) is 13.6 Å². The lowest BCUT2D eigenvalue weighted by Gasteiger charge is -2.21. The van der Waals surface area contributed by atoms with Gasteiger partial charge in [0.15, 0.2) is 5.16 Å². The quantitative estimate of drug-likeness (QED) is 0.581. The molecule has 2 N–H and O–H groups in total. The summed E-state index contributed by atoms with van der Waals surface area (Å²) in [6.07, 6.45) is 7.20. The van der Waals surface area contributed by atoms with Gasteiger partial charge in [0.25, 0.3) is 5.56 Å². The van der Waals surface area contributed by atoms with E-state index >= 15 is 0 Å². The molecule has 1 amide bonds. The normalized spacial score (nSPS) is 15.4. The molecule has 6 nitrogen and oxygen atoms in total. The van der Waals surface area contributed by atoms with Gasteiger partial charge in [-0.25, -0.2) is 0 Å². The molecule has 0 spiro atoms. The third-order valence-electron chi connectivity index (χ3n) is 4.53. The van der Waals surface area contributed by atoms with Gasteiger partial charge in [0.1, 0.15) is 0 Å². The zero-order valence-corrected chi connectivity index (χ0v) is 15.3. The maximum Gasteiger partial charge on any atom is 0.258 e. The average Bonchev–Trinajstić information content (AvgIpc) is 2.58. The largest absolute Gasteiger partial charge is 0.493 e. The first-order valence-corrected chi connectivity index (χ1v) is 9.71. The van der Waals surface area contributed by atoms with Crippen molar-refractivity contribution >= 4 is 17.7 Å². The van der Waals surface area contributed by atoms with E-state index in [0.717, 1.165) is 56.8 Å². The van der Waals surface area contributed by atoms with Crippen LogP contribution in [-0.4, -0.2) is 45.2 Å². The van der Waals surface area contributed by atoms with Gasteiger partial charge >= 0.3 is 0 Å². The highest BCUT2D eigenvalue weighted by atomic mass is 32.2. The molecular weight excluding hydrogens is 326 g/mol. The third-order valence-corrected chi connectivity index (χ3v) is 5.39. The van der Waals surface area contributed by atoms with Gasteiger partial charge in [-0.05, 0) is 25.2 Å². The van der Waals surface area contributed by atoms with Gasteiger partial charge in [-0.1, -0.05) is 44.4 Å². The van der Waals surface area contributed by atoms with Crippen LogP contribution in [0, 0.1) is 0 Å². The molecule has 1 aliphatic rings. The minimum atomic E-state index is -0.274. The Hall–Kier alpha value is -1.50. The number of unbranched alkanes of at least 4 members (excludes halogenated alkanes) is 1. The van der Waals surface area contributed by atoms with E-state index in [-0.39, 0.29) is 29.0 Å². The number of aromatic amines is 1. The number of hydrogen-bond donors (Lipinski definition) is 2. The molecular formula is C17H27N3O3S. The minimum absolute atomic E-state index is 0.00746. The molecule has 0 radical (unpaired) electrons. The molecule has 0 aliphatic heterocycles. The number of carbonyl (C=O) groups excluding carboxylic acids is 1. The fourth-order valence-electron chi connectivity index (χ4n) is 3.04. The average molecular weight is 353 g/mol. The Morgan fingerprint density at radius 3 is 2.71 bits per heavy atom. The Morgan fingerprint density at radius 2 is 2.08 bits per heavy atom. The summed E-state index contributed by atoms with van der Waals surface area (Å²) in [5, 5.41) is 10.5. The smallest absolute Gasteiger partial charge is 0.258 e. The van der Waals surface area contributed by atoms with Crippen molar-refractivity contribution in [2.45, 2.75) is 62.9 Å². The standard InChI is InChI=1S/C17H27N3O3S/c1-3-4-10-20(2)13(21)11-24-17-18-15(22)14(16(23)19-17)12-8-6-5-7-9-12/h12H,3-11H2,1-2H3,(H2,18,19,22,23). The van der Waals surface area contributed by atoms with Crippen LogP contribution in [0.15, 0.2) is 9.95 Å². The third kappa shape index (κ3) is 5.00. The van der Waals surface area contributed by atoms with Crippen LogP contribution in [0.4, 0.5) is 0 Å². The number of thioether (sulfide) groups is 1. The van der Waals surface area contributed by atoms with Crippen LogP contribution in [0.5, 0.6) is 5.88 Å². The van der Waals surface area contributed by atoms with Crippen LogP contribution in [0.25, 0.3) is 0 Å². The lowest BCUT2D eigenvalue weighted by atomic mass is 9.85. The van der Waals surface area contributed by atoms with Crippen molar-refractivity contribution in [3.63, 3.8) is 0 Å². The number of amides is 1. The summed E-state index contributed by atoms with van der Waals surface area (Å²) in [5.74, 6) is 0.105. The van der Waals surface area contributed by atoms with Crippen LogP contribution >= 0.6 is 11.8 Å². The number of H-pyrrole nitrogens is 1. The minimum Gasteiger partial charge on any atom is -0.493 e. The lowest BCUT2D eigenvalue weighted by Crippen LogP contribution is -2.29. The van der Waals surface area contributed by atoms with E-state index in [1.54, 1.807) is 11.9 Å². The predicted molar refractivity (Wildman–Crippen MR) is 95.6 cm³/mol. The van der Waals surface area contributed by atoms with Crippen LogP contribution in [0.2, 0.25) is 0 Å². The van der Waals surface area contributed by atoms with Crippen molar-refractivity contribution < 1.29 is 9.90 Å². The molecule has 0 saturated heterocycles. The summed E-state index contributed by atoms with van der Waals surface area (Å²) in [6, 6.07) is 0. The fourth-order valence-corrected chi connectivity index (χ4v) is 3.83. The Labute approximate surface area is 147 Å². The molecule has 7 heteroatoms. The Kier molecular flexibility index (Phi) is 7.15. The number of aromatic nitrogens is 2. The summed E-state index contributed by atoms with van der Waals surface area (Å²) in [6.45, 7) is 2.81. The van der Waals surface area contributed by atoms with E-state index in [1.165, 1.54) is 6.42 Å². The van der Waals surface area contributed by atoms with E-state index < -0.39 is 0 Å².